The molecule has 6 rings (SSSR count). The van der Waals surface area contributed by atoms with E-state index in [2.05, 4.69) is 10.2 Å². The number of hydrogen-bond donors (Lipinski definition) is 1. The smallest absolute Gasteiger partial charge is 0.269 e. The molecule has 7 nitrogen and oxygen atoms in total. The van der Waals surface area contributed by atoms with Crippen LogP contribution in [0.25, 0.3) is 0 Å². The number of nitrogens with zero attached hydrogens (tertiary/aromatic N) is 2. The second kappa shape index (κ2) is 8.65. The maximum Gasteiger partial charge on any atom is 0.269 e. The maximum absolute atomic E-state index is 14.5. The monoisotopic (exact) mass is 535 g/mol. The zero-order valence-corrected chi connectivity index (χ0v) is 21.4. The Morgan fingerprint density at radius 1 is 1.08 bits per heavy atom. The number of Topliss-reactive ketones (excluding diaryl/α,β-unsaturated/α-hetero) is 1. The van der Waals surface area contributed by atoms with Gasteiger partial charge in [0.05, 0.1) is 20.9 Å². The van der Waals surface area contributed by atoms with Crippen molar-refractivity contribution in [1.82, 2.24) is 4.90 Å². The molecule has 3 aromatic carbocycles. The molecule has 3 aliphatic heterocycles. The lowest BCUT2D eigenvalue weighted by Crippen LogP contribution is -2.52. The van der Waals surface area contributed by atoms with Gasteiger partial charge in [-0.15, -0.1) is 0 Å². The van der Waals surface area contributed by atoms with Crippen LogP contribution in [0.15, 0.2) is 60.7 Å². The van der Waals surface area contributed by atoms with Gasteiger partial charge >= 0.3 is 0 Å². The van der Waals surface area contributed by atoms with Crippen LogP contribution < -0.4 is 5.32 Å². The van der Waals surface area contributed by atoms with Crippen LogP contribution in [0.4, 0.5) is 11.4 Å². The van der Waals surface area contributed by atoms with Crippen molar-refractivity contribution in [1.29, 1.82) is 0 Å². The number of aryl methyl sites for hydroxylation is 1. The highest BCUT2D eigenvalue weighted by atomic mass is 35.5. The largest absolute Gasteiger partial charge is 0.324 e. The van der Waals surface area contributed by atoms with E-state index in [9.17, 15) is 19.7 Å². The zero-order valence-electron chi connectivity index (χ0n) is 19.9. The maximum atomic E-state index is 14.5. The predicted molar refractivity (Wildman–Crippen MR) is 141 cm³/mol. The number of amides is 1. The van der Waals surface area contributed by atoms with Crippen molar-refractivity contribution < 1.29 is 14.5 Å². The molecule has 4 atom stereocenters. The van der Waals surface area contributed by atoms with Crippen LogP contribution in [0.1, 0.15) is 45.8 Å². The second-order valence-electron chi connectivity index (χ2n) is 10.0. The summed E-state index contributed by atoms with van der Waals surface area (Å²) in [5.41, 5.74) is 2.44. The fourth-order valence-electron chi connectivity index (χ4n) is 6.70. The number of carbonyl (C=O) groups excluding carboxylic acids is 2. The normalized spacial score (nSPS) is 26.2. The number of carbonyl (C=O) groups is 2. The summed E-state index contributed by atoms with van der Waals surface area (Å²) in [6, 6.07) is 16.9. The van der Waals surface area contributed by atoms with Gasteiger partial charge in [-0.05, 0) is 56.1 Å². The fourth-order valence-corrected chi connectivity index (χ4v) is 6.99. The van der Waals surface area contributed by atoms with E-state index < -0.39 is 16.4 Å². The first-order valence-electron chi connectivity index (χ1n) is 12.2. The summed E-state index contributed by atoms with van der Waals surface area (Å²) in [5.74, 6) is -1.56. The molecule has 0 saturated carbocycles. The van der Waals surface area contributed by atoms with E-state index >= 15 is 0 Å². The number of ketones is 1. The first-order chi connectivity index (χ1) is 17.7. The van der Waals surface area contributed by atoms with E-state index in [-0.39, 0.29) is 34.4 Å². The number of nitro groups is 1. The summed E-state index contributed by atoms with van der Waals surface area (Å²) in [6.45, 7) is 2.64. The van der Waals surface area contributed by atoms with Crippen molar-refractivity contribution in [2.45, 2.75) is 37.3 Å². The van der Waals surface area contributed by atoms with Gasteiger partial charge in [0.15, 0.2) is 5.78 Å². The molecule has 3 aromatic rings. The summed E-state index contributed by atoms with van der Waals surface area (Å²) in [7, 11) is 0. The van der Waals surface area contributed by atoms with Crippen LogP contribution in [0.5, 0.6) is 0 Å². The Hall–Kier alpha value is -3.26. The number of hydrogen-bond acceptors (Lipinski definition) is 5. The number of nitrogens with one attached hydrogen (secondary N) is 1. The van der Waals surface area contributed by atoms with Crippen LogP contribution in [-0.4, -0.2) is 34.1 Å². The van der Waals surface area contributed by atoms with E-state index in [0.717, 1.165) is 29.5 Å². The molecule has 2 saturated heterocycles. The van der Waals surface area contributed by atoms with Gasteiger partial charge < -0.3 is 5.32 Å². The Morgan fingerprint density at radius 3 is 2.54 bits per heavy atom. The minimum absolute atomic E-state index is 0.0216. The molecule has 2 fully saturated rings. The molecule has 188 valence electrons. The Kier molecular flexibility index (Phi) is 5.64. The van der Waals surface area contributed by atoms with E-state index in [1.807, 2.05) is 25.1 Å². The molecule has 9 heteroatoms. The average molecular weight is 536 g/mol. The molecule has 0 bridgehead atoms. The van der Waals surface area contributed by atoms with Crippen LogP contribution in [0.3, 0.4) is 0 Å². The minimum Gasteiger partial charge on any atom is -0.324 e. The minimum atomic E-state index is -1.21. The summed E-state index contributed by atoms with van der Waals surface area (Å²) < 4.78 is 0. The Labute approximate surface area is 223 Å². The van der Waals surface area contributed by atoms with Gasteiger partial charge in [0.1, 0.15) is 5.54 Å². The third kappa shape index (κ3) is 3.45. The van der Waals surface area contributed by atoms with Crippen molar-refractivity contribution in [2.24, 2.45) is 5.92 Å². The summed E-state index contributed by atoms with van der Waals surface area (Å²) in [6.07, 6.45) is 1.70. The number of benzene rings is 3. The van der Waals surface area contributed by atoms with Gasteiger partial charge in [0.2, 0.25) is 5.91 Å². The molecule has 3 aliphatic rings. The van der Waals surface area contributed by atoms with Crippen LogP contribution in [0.2, 0.25) is 10.0 Å². The SMILES string of the molecule is Cc1ccc2c(c1)[C@]1(C(=O)N2)C(C(=O)c2ccc(Cl)c(Cl)c2)C(c2ccc([N+](=O)[O-])cc2)C2CCCN21. The molecule has 0 radical (unpaired) electrons. The first-order valence-corrected chi connectivity index (χ1v) is 12.9. The molecule has 0 aromatic heterocycles. The van der Waals surface area contributed by atoms with Crippen molar-refractivity contribution in [2.75, 3.05) is 11.9 Å². The number of anilines is 1. The highest BCUT2D eigenvalue weighted by Crippen LogP contribution is 2.61. The summed E-state index contributed by atoms with van der Waals surface area (Å²) in [4.78, 5) is 41.6. The molecule has 1 amide bonds. The van der Waals surface area contributed by atoms with Gasteiger partial charge in [-0.3, -0.25) is 24.6 Å². The Morgan fingerprint density at radius 2 is 1.84 bits per heavy atom. The third-order valence-electron chi connectivity index (χ3n) is 8.13. The second-order valence-corrected chi connectivity index (χ2v) is 10.8. The van der Waals surface area contributed by atoms with Gasteiger partial charge in [-0.1, -0.05) is 53.0 Å². The Bertz CT molecular complexity index is 1470. The van der Waals surface area contributed by atoms with Crippen molar-refractivity contribution >= 4 is 46.3 Å². The highest BCUT2D eigenvalue weighted by Gasteiger charge is 2.69. The lowest BCUT2D eigenvalue weighted by Gasteiger charge is -2.37. The lowest BCUT2D eigenvalue weighted by molar-refractivity contribution is -0.384. The van der Waals surface area contributed by atoms with Crippen LogP contribution >= 0.6 is 23.2 Å². The lowest BCUT2D eigenvalue weighted by atomic mass is 9.68. The quantitative estimate of drug-likeness (QED) is 0.247. The summed E-state index contributed by atoms with van der Waals surface area (Å²) in [5, 5.41) is 15.0. The molecular weight excluding hydrogens is 513 g/mol. The van der Waals surface area contributed by atoms with Crippen LogP contribution in [-0.2, 0) is 10.3 Å². The third-order valence-corrected chi connectivity index (χ3v) is 8.87. The van der Waals surface area contributed by atoms with E-state index in [1.54, 1.807) is 30.3 Å². The molecule has 1 N–H and O–H groups in total. The number of non-ortho nitro benzene ring substituents is 1. The van der Waals surface area contributed by atoms with Gasteiger partial charge in [0.25, 0.3) is 5.69 Å². The molecule has 1 spiro atoms. The molecule has 3 unspecified atom stereocenters. The van der Waals surface area contributed by atoms with Crippen LogP contribution in [0, 0.1) is 23.0 Å². The first kappa shape index (κ1) is 24.1. The highest BCUT2D eigenvalue weighted by molar-refractivity contribution is 6.42. The summed E-state index contributed by atoms with van der Waals surface area (Å²) >= 11 is 12.5. The van der Waals surface area contributed by atoms with Gasteiger partial charge in [0, 0.05) is 40.9 Å². The van der Waals surface area contributed by atoms with Gasteiger partial charge in [-0.25, -0.2) is 0 Å². The molecule has 0 aliphatic carbocycles. The average Bonchev–Trinajstić information content (AvgIpc) is 3.54. The van der Waals surface area contributed by atoms with E-state index in [1.165, 1.54) is 12.1 Å². The van der Waals surface area contributed by atoms with E-state index in [4.69, 9.17) is 23.2 Å². The van der Waals surface area contributed by atoms with E-state index in [0.29, 0.717) is 22.8 Å². The topological polar surface area (TPSA) is 92.5 Å². The number of rotatable bonds is 4. The van der Waals surface area contributed by atoms with Crippen molar-refractivity contribution in [3.63, 3.8) is 0 Å². The molecule has 37 heavy (non-hydrogen) atoms. The Balaban J connectivity index is 1.60. The van der Waals surface area contributed by atoms with Crippen molar-refractivity contribution in [3.05, 3.63) is 103 Å². The molecular formula is C28H23Cl2N3O4. The zero-order chi connectivity index (χ0) is 26.1. The fraction of sp³-hybridized carbons (Fsp3) is 0.286. The predicted octanol–water partition coefficient (Wildman–Crippen LogP) is 6.12. The standard InChI is InChI=1S/C28H23Cl2N3O4/c1-15-4-11-22-19(13-15)28(27(35)31-22)25(26(34)17-7-10-20(29)21(30)14-17)24(23-3-2-12-32(23)28)16-5-8-18(9-6-16)33(36)37/h4-11,13-14,23-25H,2-3,12H2,1H3,(H,31,35)/t23?,24?,25?,28-/m1/s1. The number of fused-ring (bicyclic) bond motifs is 4. The van der Waals surface area contributed by atoms with Crippen molar-refractivity contribution in [3.8, 4) is 0 Å². The molecule has 3 heterocycles. The van der Waals surface area contributed by atoms with Gasteiger partial charge in [-0.2, -0.15) is 0 Å². The number of halogens is 2. The number of nitro benzene ring substituents is 1.